The molecule has 0 unspecified atom stereocenters. The van der Waals surface area contributed by atoms with Crippen molar-refractivity contribution in [3.05, 3.63) is 42.1 Å². The Kier molecular flexibility index (Phi) is 3.57. The van der Waals surface area contributed by atoms with Crippen LogP contribution in [0.25, 0.3) is 22.3 Å². The normalized spacial score (nSPS) is 11.1. The van der Waals surface area contributed by atoms with Gasteiger partial charge in [-0.2, -0.15) is 4.98 Å². The molecule has 1 N–H and O–H groups in total. The van der Waals surface area contributed by atoms with Crippen molar-refractivity contribution in [3.63, 3.8) is 0 Å². The van der Waals surface area contributed by atoms with Crippen molar-refractivity contribution in [2.24, 2.45) is 7.05 Å². The van der Waals surface area contributed by atoms with Crippen LogP contribution in [0.4, 0.5) is 12.0 Å². The van der Waals surface area contributed by atoms with Gasteiger partial charge in [0.05, 0.1) is 23.2 Å². The molecular weight excluding hydrogens is 322 g/mol. The summed E-state index contributed by atoms with van der Waals surface area (Å²) in [4.78, 5) is 24.8. The number of pyridine rings is 1. The molecule has 8 nitrogen and oxygen atoms in total. The minimum atomic E-state index is -0.366. The number of nitrogens with zero attached hydrogens (tertiary/aromatic N) is 4. The third kappa shape index (κ3) is 2.67. The molecule has 4 rings (SSSR count). The van der Waals surface area contributed by atoms with Gasteiger partial charge in [0.1, 0.15) is 5.52 Å². The van der Waals surface area contributed by atoms with Crippen LogP contribution in [0.2, 0.25) is 0 Å². The lowest BCUT2D eigenvalue weighted by atomic mass is 10.2. The van der Waals surface area contributed by atoms with Crippen LogP contribution < -0.4 is 5.32 Å². The molecule has 3 heterocycles. The molecule has 0 aliphatic carbocycles. The van der Waals surface area contributed by atoms with E-state index in [2.05, 4.69) is 20.3 Å². The molecule has 8 heteroatoms. The molecule has 0 bridgehead atoms. The number of carbonyl (C=O) groups excluding carboxylic acids is 1. The predicted octanol–water partition coefficient (Wildman–Crippen LogP) is 3.03. The second-order valence-electron chi connectivity index (χ2n) is 5.39. The SMILES string of the molecule is CCOC(=O)c1ccc2c(c1)nc(Nc1nc3cccnc3o1)n2C. The quantitative estimate of drug-likeness (QED) is 0.572. The summed E-state index contributed by atoms with van der Waals surface area (Å²) in [6, 6.07) is 9.16. The van der Waals surface area contributed by atoms with Gasteiger partial charge in [-0.1, -0.05) is 0 Å². The number of aromatic nitrogens is 4. The Morgan fingerprint density at radius 2 is 2.16 bits per heavy atom. The second-order valence-corrected chi connectivity index (χ2v) is 5.39. The molecule has 4 aromatic rings. The van der Waals surface area contributed by atoms with Crippen molar-refractivity contribution in [2.75, 3.05) is 11.9 Å². The van der Waals surface area contributed by atoms with Crippen LogP contribution in [0.3, 0.4) is 0 Å². The monoisotopic (exact) mass is 337 g/mol. The Morgan fingerprint density at radius 1 is 1.28 bits per heavy atom. The summed E-state index contributed by atoms with van der Waals surface area (Å²) >= 11 is 0. The molecule has 0 atom stereocenters. The molecule has 0 amide bonds. The average molecular weight is 337 g/mol. The van der Waals surface area contributed by atoms with Gasteiger partial charge >= 0.3 is 12.0 Å². The van der Waals surface area contributed by atoms with Crippen molar-refractivity contribution < 1.29 is 13.9 Å². The fourth-order valence-corrected chi connectivity index (χ4v) is 2.57. The van der Waals surface area contributed by atoms with E-state index in [0.29, 0.717) is 40.9 Å². The van der Waals surface area contributed by atoms with E-state index < -0.39 is 0 Å². The Bertz CT molecular complexity index is 1050. The second kappa shape index (κ2) is 5.90. The number of imidazole rings is 1. The largest absolute Gasteiger partial charge is 0.462 e. The zero-order valence-corrected chi connectivity index (χ0v) is 13.7. The predicted molar refractivity (Wildman–Crippen MR) is 91.8 cm³/mol. The van der Waals surface area contributed by atoms with E-state index >= 15 is 0 Å². The maximum absolute atomic E-state index is 11.9. The van der Waals surface area contributed by atoms with Gasteiger partial charge < -0.3 is 13.7 Å². The first-order valence-corrected chi connectivity index (χ1v) is 7.78. The van der Waals surface area contributed by atoms with Gasteiger partial charge in [-0.3, -0.25) is 5.32 Å². The Balaban J connectivity index is 1.69. The molecule has 0 aliphatic rings. The van der Waals surface area contributed by atoms with E-state index in [9.17, 15) is 4.79 Å². The number of anilines is 2. The number of ether oxygens (including phenoxy) is 1. The summed E-state index contributed by atoms with van der Waals surface area (Å²) in [7, 11) is 1.86. The zero-order chi connectivity index (χ0) is 17.4. The number of benzene rings is 1. The van der Waals surface area contributed by atoms with E-state index in [1.165, 1.54) is 0 Å². The minimum absolute atomic E-state index is 0.303. The molecule has 3 aromatic heterocycles. The average Bonchev–Trinajstić information content (AvgIpc) is 3.16. The van der Waals surface area contributed by atoms with Gasteiger partial charge in [0, 0.05) is 13.2 Å². The molecule has 0 saturated heterocycles. The van der Waals surface area contributed by atoms with Gasteiger partial charge in [0.2, 0.25) is 11.7 Å². The Labute approximate surface area is 142 Å². The van der Waals surface area contributed by atoms with E-state index in [-0.39, 0.29) is 5.97 Å². The van der Waals surface area contributed by atoms with Crippen molar-refractivity contribution >= 4 is 40.2 Å². The number of aryl methyl sites for hydroxylation is 1. The molecule has 0 saturated carbocycles. The number of hydrogen-bond donors (Lipinski definition) is 1. The van der Waals surface area contributed by atoms with E-state index in [1.807, 2.05) is 23.7 Å². The summed E-state index contributed by atoms with van der Waals surface area (Å²) in [6.45, 7) is 2.10. The highest BCUT2D eigenvalue weighted by Gasteiger charge is 2.14. The molecule has 0 radical (unpaired) electrons. The van der Waals surface area contributed by atoms with Crippen molar-refractivity contribution in [1.29, 1.82) is 0 Å². The van der Waals surface area contributed by atoms with Crippen LogP contribution in [0.15, 0.2) is 40.9 Å². The van der Waals surface area contributed by atoms with Crippen LogP contribution in [-0.4, -0.2) is 32.1 Å². The summed E-state index contributed by atoms with van der Waals surface area (Å²) in [5, 5.41) is 3.04. The Hall–Kier alpha value is -3.42. The minimum Gasteiger partial charge on any atom is -0.462 e. The number of fused-ring (bicyclic) bond motifs is 2. The lowest BCUT2D eigenvalue weighted by Crippen LogP contribution is -2.04. The van der Waals surface area contributed by atoms with Gasteiger partial charge in [0.15, 0.2) is 0 Å². The van der Waals surface area contributed by atoms with Crippen molar-refractivity contribution in [3.8, 4) is 0 Å². The first kappa shape index (κ1) is 15.1. The molecule has 0 spiro atoms. The third-order valence-electron chi connectivity index (χ3n) is 3.78. The van der Waals surface area contributed by atoms with E-state index in [0.717, 1.165) is 5.52 Å². The maximum Gasteiger partial charge on any atom is 0.338 e. The topological polar surface area (TPSA) is 95.1 Å². The van der Waals surface area contributed by atoms with E-state index in [1.54, 1.807) is 31.3 Å². The zero-order valence-electron chi connectivity index (χ0n) is 13.7. The highest BCUT2D eigenvalue weighted by Crippen LogP contribution is 2.24. The smallest absolute Gasteiger partial charge is 0.338 e. The lowest BCUT2D eigenvalue weighted by Gasteiger charge is -2.02. The van der Waals surface area contributed by atoms with Gasteiger partial charge in [-0.05, 0) is 37.3 Å². The van der Waals surface area contributed by atoms with Crippen LogP contribution in [-0.2, 0) is 11.8 Å². The Morgan fingerprint density at radius 3 is 2.96 bits per heavy atom. The number of esters is 1. The number of carbonyl (C=O) groups is 1. The highest BCUT2D eigenvalue weighted by molar-refractivity contribution is 5.94. The fraction of sp³-hybridized carbons (Fsp3) is 0.176. The first-order valence-electron chi connectivity index (χ1n) is 7.78. The van der Waals surface area contributed by atoms with Gasteiger partial charge in [-0.15, -0.1) is 0 Å². The third-order valence-corrected chi connectivity index (χ3v) is 3.78. The van der Waals surface area contributed by atoms with Gasteiger partial charge in [0.25, 0.3) is 0 Å². The summed E-state index contributed by atoms with van der Waals surface area (Å²) in [5.74, 6) is 0.178. The number of oxazole rings is 1. The molecule has 25 heavy (non-hydrogen) atoms. The summed E-state index contributed by atoms with van der Waals surface area (Å²) in [5.41, 5.74) is 3.11. The van der Waals surface area contributed by atoms with E-state index in [4.69, 9.17) is 9.15 Å². The van der Waals surface area contributed by atoms with Crippen LogP contribution in [0.1, 0.15) is 17.3 Å². The first-order chi connectivity index (χ1) is 12.2. The standard InChI is InChI=1S/C17H15N5O3/c1-3-24-15(23)10-6-7-13-12(9-10)19-16(22(13)2)21-17-20-11-5-4-8-18-14(11)25-17/h4-9H,3H2,1-2H3,(H,19,20,21). The summed E-state index contributed by atoms with van der Waals surface area (Å²) in [6.07, 6.45) is 1.64. The van der Waals surface area contributed by atoms with Crippen molar-refractivity contribution in [2.45, 2.75) is 6.92 Å². The molecule has 0 aliphatic heterocycles. The summed E-state index contributed by atoms with van der Waals surface area (Å²) < 4.78 is 12.4. The fourth-order valence-electron chi connectivity index (χ4n) is 2.57. The van der Waals surface area contributed by atoms with Crippen LogP contribution in [0, 0.1) is 0 Å². The van der Waals surface area contributed by atoms with Crippen LogP contribution in [0.5, 0.6) is 0 Å². The molecular formula is C17H15N5O3. The number of nitrogens with one attached hydrogen (secondary N) is 1. The van der Waals surface area contributed by atoms with Crippen LogP contribution >= 0.6 is 0 Å². The molecule has 126 valence electrons. The maximum atomic E-state index is 11.9. The molecule has 1 aromatic carbocycles. The van der Waals surface area contributed by atoms with Gasteiger partial charge in [-0.25, -0.2) is 14.8 Å². The number of rotatable bonds is 4. The highest BCUT2D eigenvalue weighted by atomic mass is 16.5. The lowest BCUT2D eigenvalue weighted by molar-refractivity contribution is 0.0526. The molecule has 0 fully saturated rings. The number of hydrogen-bond acceptors (Lipinski definition) is 7. The van der Waals surface area contributed by atoms with Crippen molar-refractivity contribution in [1.82, 2.24) is 19.5 Å².